The van der Waals surface area contributed by atoms with Crippen LogP contribution in [0.5, 0.6) is 0 Å². The van der Waals surface area contributed by atoms with E-state index in [1.807, 2.05) is 18.2 Å². The van der Waals surface area contributed by atoms with Gasteiger partial charge in [-0.1, -0.05) is 6.07 Å². The maximum atomic E-state index is 12.7. The van der Waals surface area contributed by atoms with Crippen molar-refractivity contribution >= 4 is 17.9 Å². The molecule has 26 heavy (non-hydrogen) atoms. The Morgan fingerprint density at radius 1 is 1.23 bits per heavy atom. The van der Waals surface area contributed by atoms with E-state index in [0.29, 0.717) is 38.9 Å². The summed E-state index contributed by atoms with van der Waals surface area (Å²) in [5.74, 6) is -1.52. The summed E-state index contributed by atoms with van der Waals surface area (Å²) in [6.07, 6.45) is 4.34. The van der Waals surface area contributed by atoms with Gasteiger partial charge in [0.25, 0.3) is 0 Å². The number of carboxylic acids is 1. The zero-order chi connectivity index (χ0) is 18.5. The first-order chi connectivity index (χ1) is 12.5. The molecule has 1 aromatic heterocycles. The Labute approximate surface area is 152 Å². The third kappa shape index (κ3) is 4.30. The first kappa shape index (κ1) is 18.2. The van der Waals surface area contributed by atoms with Crippen molar-refractivity contribution in [2.45, 2.75) is 38.3 Å². The van der Waals surface area contributed by atoms with E-state index in [1.165, 1.54) is 4.90 Å². The van der Waals surface area contributed by atoms with E-state index >= 15 is 0 Å². The lowest BCUT2D eigenvalue weighted by Gasteiger charge is -2.35. The second-order valence-corrected chi connectivity index (χ2v) is 6.85. The third-order valence-electron chi connectivity index (χ3n) is 4.97. The van der Waals surface area contributed by atoms with E-state index in [0.717, 1.165) is 12.1 Å². The lowest BCUT2D eigenvalue weighted by molar-refractivity contribution is -0.143. The number of amides is 3. The van der Waals surface area contributed by atoms with Gasteiger partial charge in [0, 0.05) is 25.8 Å². The molecule has 0 bridgehead atoms. The second-order valence-electron chi connectivity index (χ2n) is 6.85. The molecule has 1 aromatic rings. The van der Waals surface area contributed by atoms with E-state index in [2.05, 4.69) is 10.3 Å². The van der Waals surface area contributed by atoms with Crippen LogP contribution in [0.4, 0.5) is 4.79 Å². The molecule has 2 N–H and O–H groups in total. The van der Waals surface area contributed by atoms with Crippen LogP contribution >= 0.6 is 0 Å². The van der Waals surface area contributed by atoms with E-state index in [-0.39, 0.29) is 18.5 Å². The largest absolute Gasteiger partial charge is 0.481 e. The molecule has 3 amide bonds. The van der Waals surface area contributed by atoms with Crippen molar-refractivity contribution in [2.24, 2.45) is 5.92 Å². The van der Waals surface area contributed by atoms with Gasteiger partial charge in [-0.3, -0.25) is 14.6 Å². The Bertz CT molecular complexity index is 666. The number of hydrogen-bond acceptors (Lipinski definition) is 4. The van der Waals surface area contributed by atoms with Crippen molar-refractivity contribution in [1.29, 1.82) is 0 Å². The fourth-order valence-corrected chi connectivity index (χ4v) is 3.52. The number of piperidine rings is 2. The molecule has 8 heteroatoms. The zero-order valence-corrected chi connectivity index (χ0v) is 14.6. The number of pyridine rings is 1. The minimum absolute atomic E-state index is 0.109. The topological polar surface area (TPSA) is 103 Å². The maximum absolute atomic E-state index is 12.7. The summed E-state index contributed by atoms with van der Waals surface area (Å²) in [5.41, 5.74) is 0.813. The molecular weight excluding hydrogens is 336 g/mol. The number of nitrogens with one attached hydrogen (secondary N) is 1. The number of carbonyl (C=O) groups is 3. The number of aliphatic carboxylic acids is 1. The number of rotatable bonds is 4. The molecule has 2 saturated heterocycles. The Balaban J connectivity index is 1.57. The van der Waals surface area contributed by atoms with Crippen LogP contribution in [-0.4, -0.2) is 63.5 Å². The minimum Gasteiger partial charge on any atom is -0.481 e. The summed E-state index contributed by atoms with van der Waals surface area (Å²) in [6.45, 7) is 1.79. The minimum atomic E-state index is -0.877. The van der Waals surface area contributed by atoms with Crippen LogP contribution in [0, 0.1) is 5.92 Å². The second kappa shape index (κ2) is 8.16. The molecular formula is C18H24N4O4. The fraction of sp³-hybridized carbons (Fsp3) is 0.556. The van der Waals surface area contributed by atoms with Gasteiger partial charge in [-0.15, -0.1) is 0 Å². The molecule has 3 heterocycles. The number of nitrogens with zero attached hydrogens (tertiary/aromatic N) is 3. The van der Waals surface area contributed by atoms with E-state index in [4.69, 9.17) is 5.11 Å². The maximum Gasteiger partial charge on any atom is 0.318 e. The predicted octanol–water partition coefficient (Wildman–Crippen LogP) is 1.08. The lowest BCUT2D eigenvalue weighted by atomic mass is 9.98. The number of urea groups is 1. The quantitative estimate of drug-likeness (QED) is 0.836. The number of carbonyl (C=O) groups excluding carboxylic acids is 2. The number of likely N-dealkylation sites (tertiary alicyclic amines) is 2. The van der Waals surface area contributed by atoms with Gasteiger partial charge in [0.1, 0.15) is 6.04 Å². The van der Waals surface area contributed by atoms with Crippen molar-refractivity contribution in [3.05, 3.63) is 30.1 Å². The van der Waals surface area contributed by atoms with Gasteiger partial charge in [0.15, 0.2) is 0 Å². The first-order valence-electron chi connectivity index (χ1n) is 9.01. The van der Waals surface area contributed by atoms with Crippen molar-refractivity contribution in [3.63, 3.8) is 0 Å². The monoisotopic (exact) mass is 360 g/mol. The Morgan fingerprint density at radius 2 is 2.04 bits per heavy atom. The molecule has 8 nitrogen and oxygen atoms in total. The summed E-state index contributed by atoms with van der Waals surface area (Å²) in [6, 6.07) is 4.66. The molecule has 0 radical (unpaired) electrons. The van der Waals surface area contributed by atoms with Gasteiger partial charge in [-0.25, -0.2) is 4.79 Å². The van der Waals surface area contributed by atoms with Crippen LogP contribution in [-0.2, 0) is 16.1 Å². The zero-order valence-electron chi connectivity index (χ0n) is 14.6. The average Bonchev–Trinajstić information content (AvgIpc) is 2.66. The van der Waals surface area contributed by atoms with Crippen LogP contribution in [0.3, 0.4) is 0 Å². The summed E-state index contributed by atoms with van der Waals surface area (Å²) < 4.78 is 0. The summed E-state index contributed by atoms with van der Waals surface area (Å²) in [7, 11) is 0. The van der Waals surface area contributed by atoms with Gasteiger partial charge in [-0.2, -0.15) is 0 Å². The summed E-state index contributed by atoms with van der Waals surface area (Å²) >= 11 is 0. The van der Waals surface area contributed by atoms with Crippen LogP contribution in [0.25, 0.3) is 0 Å². The molecule has 140 valence electrons. The van der Waals surface area contributed by atoms with E-state index in [9.17, 15) is 14.4 Å². The van der Waals surface area contributed by atoms with Crippen molar-refractivity contribution in [1.82, 2.24) is 20.1 Å². The smallest absolute Gasteiger partial charge is 0.318 e. The normalized spacial score (nSPS) is 23.6. The van der Waals surface area contributed by atoms with Crippen LogP contribution < -0.4 is 5.32 Å². The highest BCUT2D eigenvalue weighted by Gasteiger charge is 2.33. The SMILES string of the molecule is O=C(O)C1CCCN(C(=O)NC2CCCN(Cc3ccccn3)C2=O)C1. The highest BCUT2D eigenvalue weighted by molar-refractivity contribution is 5.87. The molecule has 2 aliphatic rings. The number of aromatic nitrogens is 1. The molecule has 2 unspecified atom stereocenters. The van der Waals surface area contributed by atoms with Crippen molar-refractivity contribution in [2.75, 3.05) is 19.6 Å². The molecule has 0 spiro atoms. The standard InChI is InChI=1S/C18H24N4O4/c23-16-15(7-4-9-21(16)12-14-6-1-2-8-19-14)20-18(26)22-10-3-5-13(11-22)17(24)25/h1-2,6,8,13,15H,3-5,7,9-12H2,(H,20,26)(H,24,25). The molecule has 2 aliphatic heterocycles. The average molecular weight is 360 g/mol. The van der Waals surface area contributed by atoms with Gasteiger partial charge in [-0.05, 0) is 37.8 Å². The summed E-state index contributed by atoms with van der Waals surface area (Å²) in [4.78, 5) is 43.8. The van der Waals surface area contributed by atoms with Gasteiger partial charge < -0.3 is 20.2 Å². The molecule has 2 atom stereocenters. The van der Waals surface area contributed by atoms with Crippen LogP contribution in [0.15, 0.2) is 24.4 Å². The van der Waals surface area contributed by atoms with Crippen LogP contribution in [0.2, 0.25) is 0 Å². The molecule has 0 aliphatic carbocycles. The highest BCUT2D eigenvalue weighted by Crippen LogP contribution is 2.18. The van der Waals surface area contributed by atoms with Crippen molar-refractivity contribution in [3.8, 4) is 0 Å². The Hall–Kier alpha value is -2.64. The molecule has 3 rings (SSSR count). The number of hydrogen-bond donors (Lipinski definition) is 2. The lowest BCUT2D eigenvalue weighted by Crippen LogP contribution is -2.56. The summed E-state index contributed by atoms with van der Waals surface area (Å²) in [5, 5.41) is 11.9. The van der Waals surface area contributed by atoms with Gasteiger partial charge in [0.05, 0.1) is 18.2 Å². The fourth-order valence-electron chi connectivity index (χ4n) is 3.52. The Morgan fingerprint density at radius 3 is 2.77 bits per heavy atom. The van der Waals surface area contributed by atoms with E-state index in [1.54, 1.807) is 11.1 Å². The highest BCUT2D eigenvalue weighted by atomic mass is 16.4. The van der Waals surface area contributed by atoms with Crippen molar-refractivity contribution < 1.29 is 19.5 Å². The van der Waals surface area contributed by atoms with Gasteiger partial charge >= 0.3 is 12.0 Å². The predicted molar refractivity (Wildman–Crippen MR) is 93.1 cm³/mol. The first-order valence-corrected chi connectivity index (χ1v) is 9.01. The molecule has 0 saturated carbocycles. The Kier molecular flexibility index (Phi) is 5.70. The number of carboxylic acid groups (broad SMARTS) is 1. The molecule has 2 fully saturated rings. The van der Waals surface area contributed by atoms with E-state index < -0.39 is 17.9 Å². The molecule has 0 aromatic carbocycles. The third-order valence-corrected chi connectivity index (χ3v) is 4.97. The van der Waals surface area contributed by atoms with Gasteiger partial charge in [0.2, 0.25) is 5.91 Å². The van der Waals surface area contributed by atoms with Crippen LogP contribution in [0.1, 0.15) is 31.4 Å².